The van der Waals surface area contributed by atoms with Gasteiger partial charge in [-0.15, -0.1) is 11.3 Å². The van der Waals surface area contributed by atoms with Gasteiger partial charge in [-0.05, 0) is 50.8 Å². The highest BCUT2D eigenvalue weighted by Gasteiger charge is 2.24. The third kappa shape index (κ3) is 4.80. The molecule has 1 amide bonds. The minimum Gasteiger partial charge on any atom is -0.504 e. The van der Waals surface area contributed by atoms with Gasteiger partial charge in [0, 0.05) is 25.2 Å². The van der Waals surface area contributed by atoms with Gasteiger partial charge in [-0.25, -0.2) is 15.0 Å². The number of hydrogen-bond donors (Lipinski definition) is 3. The van der Waals surface area contributed by atoms with Gasteiger partial charge in [0.05, 0.1) is 20.9 Å². The molecule has 0 bridgehead atoms. The van der Waals surface area contributed by atoms with Crippen molar-refractivity contribution in [2.24, 2.45) is 5.92 Å². The Labute approximate surface area is 189 Å². The lowest BCUT2D eigenvalue weighted by molar-refractivity contribution is -0.135. The lowest BCUT2D eigenvalue weighted by Gasteiger charge is -2.33. The van der Waals surface area contributed by atoms with Gasteiger partial charge in [-0.2, -0.15) is 0 Å². The number of carbonyl (C=O) groups excluding carboxylic acids is 1. The third-order valence-electron chi connectivity index (χ3n) is 5.65. The van der Waals surface area contributed by atoms with Crippen molar-refractivity contribution < 1.29 is 19.8 Å². The number of aromatic hydroxyl groups is 1. The molecule has 1 aromatic carbocycles. The lowest BCUT2D eigenvalue weighted by Crippen LogP contribution is -2.34. The maximum atomic E-state index is 12.2. The highest BCUT2D eigenvalue weighted by Crippen LogP contribution is 2.30. The average Bonchev–Trinajstić information content (AvgIpc) is 3.14. The Morgan fingerprint density at radius 3 is 2.66 bits per heavy atom. The van der Waals surface area contributed by atoms with Gasteiger partial charge < -0.3 is 20.4 Å². The topological polar surface area (TPSA) is 129 Å². The van der Waals surface area contributed by atoms with E-state index in [1.807, 2.05) is 6.92 Å². The number of amides is 1. The number of anilines is 1. The van der Waals surface area contributed by atoms with E-state index >= 15 is 0 Å². The summed E-state index contributed by atoms with van der Waals surface area (Å²) in [6.45, 7) is 4.89. The van der Waals surface area contributed by atoms with Gasteiger partial charge >= 0.3 is 5.97 Å². The Morgan fingerprint density at radius 1 is 1.19 bits per heavy atom. The van der Waals surface area contributed by atoms with E-state index in [0.717, 1.165) is 36.5 Å². The number of carbonyl (C=O) groups is 2. The summed E-state index contributed by atoms with van der Waals surface area (Å²) in [6.07, 6.45) is 2.51. The van der Waals surface area contributed by atoms with Gasteiger partial charge in [0.2, 0.25) is 0 Å². The monoisotopic (exact) mass is 455 g/mol. The number of carboxylic acids is 1. The van der Waals surface area contributed by atoms with Crippen LogP contribution in [0.25, 0.3) is 10.2 Å². The fourth-order valence-electron chi connectivity index (χ4n) is 4.00. The maximum absolute atomic E-state index is 12.2. The van der Waals surface area contributed by atoms with Gasteiger partial charge in [0.25, 0.3) is 5.91 Å². The molecular formula is C22H25N5O4S. The SMILES string of the molecule is Cc1nc2cc(N3CCC(Cc4nc(C)c(O)c(C(=O)NCC(=O)O)n4)CC3)ccc2s1. The van der Waals surface area contributed by atoms with E-state index in [9.17, 15) is 14.7 Å². The number of thiazole rings is 1. The number of nitrogens with one attached hydrogen (secondary N) is 1. The minimum absolute atomic E-state index is 0.182. The third-order valence-corrected chi connectivity index (χ3v) is 6.60. The second-order valence-electron chi connectivity index (χ2n) is 8.02. The number of rotatable bonds is 6. The number of aliphatic carboxylic acids is 1. The van der Waals surface area contributed by atoms with Crippen molar-refractivity contribution in [3.05, 3.63) is 40.4 Å². The molecule has 1 aliphatic heterocycles. The molecule has 0 atom stereocenters. The van der Waals surface area contributed by atoms with Crippen molar-refractivity contribution in [2.75, 3.05) is 24.5 Å². The molecule has 168 valence electrons. The fraction of sp³-hybridized carbons (Fsp3) is 0.409. The van der Waals surface area contributed by atoms with Crippen LogP contribution in [0.15, 0.2) is 18.2 Å². The number of fused-ring (bicyclic) bond motifs is 1. The molecule has 0 radical (unpaired) electrons. The molecule has 32 heavy (non-hydrogen) atoms. The number of hydrogen-bond acceptors (Lipinski definition) is 8. The molecule has 0 spiro atoms. The van der Waals surface area contributed by atoms with Crippen LogP contribution in [0.2, 0.25) is 0 Å². The second-order valence-corrected chi connectivity index (χ2v) is 9.25. The Bertz CT molecular complexity index is 1170. The standard InChI is InChI=1S/C22H25N5O4S/c1-12-21(30)20(22(31)23-11-19(28)29)26-18(24-12)9-14-5-7-27(8-6-14)15-3-4-17-16(10-15)25-13(2)32-17/h3-4,10,14,30H,5-9,11H2,1-2H3,(H,23,31)(H,28,29). The summed E-state index contributed by atoms with van der Waals surface area (Å²) in [5, 5.41) is 22.2. The van der Waals surface area contributed by atoms with E-state index in [1.165, 1.54) is 10.4 Å². The Kier molecular flexibility index (Phi) is 6.22. The summed E-state index contributed by atoms with van der Waals surface area (Å²) in [7, 11) is 0. The zero-order valence-corrected chi connectivity index (χ0v) is 18.8. The number of nitrogens with zero attached hydrogens (tertiary/aromatic N) is 4. The molecule has 0 aliphatic carbocycles. The first-order chi connectivity index (χ1) is 15.3. The Morgan fingerprint density at radius 2 is 1.94 bits per heavy atom. The summed E-state index contributed by atoms with van der Waals surface area (Å²) in [6, 6.07) is 6.42. The van der Waals surface area contributed by atoms with E-state index < -0.39 is 18.4 Å². The molecule has 3 N–H and O–H groups in total. The minimum atomic E-state index is -1.17. The van der Waals surface area contributed by atoms with Crippen LogP contribution >= 0.6 is 11.3 Å². The summed E-state index contributed by atoms with van der Waals surface area (Å²) in [5.41, 5.74) is 2.34. The van der Waals surface area contributed by atoms with E-state index in [2.05, 4.69) is 43.4 Å². The predicted molar refractivity (Wildman–Crippen MR) is 121 cm³/mol. The molecule has 0 saturated carbocycles. The van der Waals surface area contributed by atoms with E-state index in [1.54, 1.807) is 18.3 Å². The lowest BCUT2D eigenvalue weighted by atomic mass is 9.92. The van der Waals surface area contributed by atoms with E-state index in [-0.39, 0.29) is 11.4 Å². The Hall–Kier alpha value is -3.27. The normalized spacial score (nSPS) is 14.6. The summed E-state index contributed by atoms with van der Waals surface area (Å²) < 4.78 is 1.20. The van der Waals surface area contributed by atoms with Crippen LogP contribution in [0.1, 0.15) is 39.9 Å². The first-order valence-electron chi connectivity index (χ1n) is 10.5. The van der Waals surface area contributed by atoms with Crippen LogP contribution in [0.4, 0.5) is 5.69 Å². The van der Waals surface area contributed by atoms with Crippen molar-refractivity contribution in [3.8, 4) is 5.75 Å². The van der Waals surface area contributed by atoms with Crippen molar-refractivity contribution in [2.45, 2.75) is 33.1 Å². The number of carboxylic acid groups (broad SMARTS) is 1. The van der Waals surface area contributed by atoms with Crippen molar-refractivity contribution in [1.29, 1.82) is 0 Å². The average molecular weight is 456 g/mol. The number of aromatic nitrogens is 3. The largest absolute Gasteiger partial charge is 0.504 e. The van der Waals surface area contributed by atoms with Crippen molar-refractivity contribution >= 4 is 39.1 Å². The van der Waals surface area contributed by atoms with Crippen LogP contribution in [0.3, 0.4) is 0 Å². The van der Waals surface area contributed by atoms with E-state index in [0.29, 0.717) is 23.9 Å². The maximum Gasteiger partial charge on any atom is 0.322 e. The van der Waals surface area contributed by atoms with Crippen LogP contribution in [0.5, 0.6) is 5.75 Å². The van der Waals surface area contributed by atoms with Crippen LogP contribution in [0, 0.1) is 19.8 Å². The summed E-state index contributed by atoms with van der Waals surface area (Å²) in [4.78, 5) is 38.4. The highest BCUT2D eigenvalue weighted by molar-refractivity contribution is 7.18. The molecule has 0 unspecified atom stereocenters. The van der Waals surface area contributed by atoms with E-state index in [4.69, 9.17) is 5.11 Å². The van der Waals surface area contributed by atoms with Crippen molar-refractivity contribution in [1.82, 2.24) is 20.3 Å². The second kappa shape index (κ2) is 9.07. The van der Waals surface area contributed by atoms with Crippen LogP contribution < -0.4 is 10.2 Å². The molecule has 1 fully saturated rings. The quantitative estimate of drug-likeness (QED) is 0.517. The van der Waals surface area contributed by atoms with Crippen molar-refractivity contribution in [3.63, 3.8) is 0 Å². The van der Waals surface area contributed by atoms with Gasteiger partial charge in [-0.1, -0.05) is 0 Å². The number of aryl methyl sites for hydroxylation is 2. The van der Waals surface area contributed by atoms with Gasteiger partial charge in [0.1, 0.15) is 12.4 Å². The number of benzene rings is 1. The Balaban J connectivity index is 1.41. The van der Waals surface area contributed by atoms with Crippen LogP contribution in [-0.2, 0) is 11.2 Å². The first-order valence-corrected chi connectivity index (χ1v) is 11.3. The smallest absolute Gasteiger partial charge is 0.322 e. The zero-order valence-electron chi connectivity index (χ0n) is 18.0. The van der Waals surface area contributed by atoms with Crippen LogP contribution in [-0.4, -0.2) is 56.7 Å². The molecule has 3 heterocycles. The number of piperidine rings is 1. The molecule has 9 nitrogen and oxygen atoms in total. The molecule has 2 aromatic heterocycles. The fourth-order valence-corrected chi connectivity index (χ4v) is 4.80. The van der Waals surface area contributed by atoms with Gasteiger partial charge in [0.15, 0.2) is 11.4 Å². The molecule has 10 heteroatoms. The summed E-state index contributed by atoms with van der Waals surface area (Å²) >= 11 is 1.70. The summed E-state index contributed by atoms with van der Waals surface area (Å²) in [5.74, 6) is -1.37. The molecule has 4 rings (SSSR count). The zero-order chi connectivity index (χ0) is 22.8. The first kappa shape index (κ1) is 21.9. The molecule has 3 aromatic rings. The highest BCUT2D eigenvalue weighted by atomic mass is 32.1. The van der Waals surface area contributed by atoms with Gasteiger partial charge in [-0.3, -0.25) is 9.59 Å². The molecule has 1 saturated heterocycles. The predicted octanol–water partition coefficient (Wildman–Crippen LogP) is 2.68. The molecule has 1 aliphatic rings. The molecular weight excluding hydrogens is 430 g/mol.